The standard InChI is InChI=1S/C35H31ClN4O6S/c1-21(41)45-19-24-20-47-34-30(39-29(42)15-17-37-27-14-16-38-28-18-25(36)12-13-26(27)28)33(43)40(34)31(24)35(44)46-32(22-8-4-2-5-9-22)23-10-6-3-7-11-23/h2-14,16,18,30,32,34H,15,17,19-20H2,1H3,(H,37,38)(H,39,42)/t30-,34-/m1/s1. The van der Waals surface area contributed by atoms with E-state index in [1.165, 1.54) is 23.6 Å². The Labute approximate surface area is 280 Å². The molecule has 0 aliphatic carbocycles. The summed E-state index contributed by atoms with van der Waals surface area (Å²) in [6, 6.07) is 25.0. The molecule has 240 valence electrons. The van der Waals surface area contributed by atoms with E-state index in [-0.39, 0.29) is 24.6 Å². The molecule has 12 heteroatoms. The third-order valence-corrected chi connectivity index (χ3v) is 9.38. The van der Waals surface area contributed by atoms with Crippen LogP contribution in [0.1, 0.15) is 30.6 Å². The molecule has 0 spiro atoms. The number of halogens is 1. The van der Waals surface area contributed by atoms with Gasteiger partial charge in [-0.25, -0.2) is 4.79 Å². The Morgan fingerprint density at radius 3 is 2.40 bits per heavy atom. The lowest BCUT2D eigenvalue weighted by atomic mass is 10.0. The lowest BCUT2D eigenvalue weighted by Crippen LogP contribution is -2.70. The highest BCUT2D eigenvalue weighted by Crippen LogP contribution is 2.41. The molecular weight excluding hydrogens is 640 g/mol. The predicted molar refractivity (Wildman–Crippen MR) is 179 cm³/mol. The molecule has 4 aromatic rings. The molecule has 0 bridgehead atoms. The van der Waals surface area contributed by atoms with Gasteiger partial charge in [-0.15, -0.1) is 11.8 Å². The van der Waals surface area contributed by atoms with E-state index in [1.54, 1.807) is 18.3 Å². The number of benzene rings is 3. The number of carbonyl (C=O) groups is 4. The molecule has 47 heavy (non-hydrogen) atoms. The number of carbonyl (C=O) groups excluding carboxylic acids is 4. The van der Waals surface area contributed by atoms with Crippen LogP contribution in [-0.4, -0.2) is 64.0 Å². The van der Waals surface area contributed by atoms with E-state index in [0.29, 0.717) is 22.9 Å². The van der Waals surface area contributed by atoms with E-state index in [9.17, 15) is 19.2 Å². The van der Waals surface area contributed by atoms with Gasteiger partial charge in [0.25, 0.3) is 5.91 Å². The van der Waals surface area contributed by atoms with Crippen LogP contribution in [0, 0.1) is 0 Å². The van der Waals surface area contributed by atoms with Crippen molar-refractivity contribution < 1.29 is 28.7 Å². The molecule has 1 aromatic heterocycles. The van der Waals surface area contributed by atoms with E-state index < -0.39 is 35.4 Å². The number of thioether (sulfide) groups is 1. The second-order valence-electron chi connectivity index (χ2n) is 11.0. The van der Waals surface area contributed by atoms with Crippen LogP contribution in [0.4, 0.5) is 5.69 Å². The van der Waals surface area contributed by atoms with Gasteiger partial charge in [0.15, 0.2) is 6.10 Å². The largest absolute Gasteiger partial charge is 0.461 e. The van der Waals surface area contributed by atoms with Crippen molar-refractivity contribution in [2.24, 2.45) is 0 Å². The van der Waals surface area contributed by atoms with Gasteiger partial charge in [-0.05, 0) is 35.4 Å². The van der Waals surface area contributed by atoms with Crippen LogP contribution in [0.5, 0.6) is 0 Å². The fourth-order valence-electron chi connectivity index (χ4n) is 5.55. The second-order valence-corrected chi connectivity index (χ2v) is 12.5. The summed E-state index contributed by atoms with van der Waals surface area (Å²) in [6.45, 7) is 1.43. The molecule has 1 saturated heterocycles. The maximum absolute atomic E-state index is 13.9. The van der Waals surface area contributed by atoms with Crippen molar-refractivity contribution in [3.8, 4) is 0 Å². The minimum absolute atomic E-state index is 0.0358. The van der Waals surface area contributed by atoms with Crippen molar-refractivity contribution in [2.45, 2.75) is 30.9 Å². The maximum Gasteiger partial charge on any atom is 0.356 e. The summed E-state index contributed by atoms with van der Waals surface area (Å²) in [4.78, 5) is 57.8. The monoisotopic (exact) mass is 670 g/mol. The van der Waals surface area contributed by atoms with Gasteiger partial charge in [0.05, 0.1) is 5.52 Å². The van der Waals surface area contributed by atoms with Gasteiger partial charge < -0.3 is 20.1 Å². The molecule has 3 heterocycles. The quantitative estimate of drug-likeness (QED) is 0.163. The van der Waals surface area contributed by atoms with Gasteiger partial charge >= 0.3 is 11.9 Å². The van der Waals surface area contributed by atoms with Crippen molar-refractivity contribution in [3.05, 3.63) is 119 Å². The number of anilines is 1. The summed E-state index contributed by atoms with van der Waals surface area (Å²) >= 11 is 7.47. The molecule has 2 atom stereocenters. The number of ether oxygens (including phenoxy) is 2. The van der Waals surface area contributed by atoms with E-state index in [4.69, 9.17) is 21.1 Å². The molecule has 0 unspecified atom stereocenters. The topological polar surface area (TPSA) is 127 Å². The number of nitrogens with one attached hydrogen (secondary N) is 2. The Morgan fingerprint density at radius 2 is 1.72 bits per heavy atom. The Bertz CT molecular complexity index is 1820. The van der Waals surface area contributed by atoms with Crippen molar-refractivity contribution in [1.82, 2.24) is 15.2 Å². The highest BCUT2D eigenvalue weighted by atomic mass is 35.5. The number of nitrogens with zero attached hydrogens (tertiary/aromatic N) is 2. The first-order valence-corrected chi connectivity index (χ1v) is 16.4. The van der Waals surface area contributed by atoms with Crippen molar-refractivity contribution in [1.29, 1.82) is 0 Å². The van der Waals surface area contributed by atoms with Gasteiger partial charge in [-0.3, -0.25) is 24.3 Å². The highest BCUT2D eigenvalue weighted by Gasteiger charge is 2.54. The van der Waals surface area contributed by atoms with Gasteiger partial charge in [0.2, 0.25) is 5.91 Å². The van der Waals surface area contributed by atoms with Gasteiger partial charge in [0.1, 0.15) is 23.7 Å². The second kappa shape index (κ2) is 14.3. The molecule has 3 aromatic carbocycles. The summed E-state index contributed by atoms with van der Waals surface area (Å²) in [6.07, 6.45) is 1.03. The molecule has 2 aliphatic heterocycles. The molecule has 0 radical (unpaired) electrons. The van der Waals surface area contributed by atoms with Crippen LogP contribution in [0.15, 0.2) is 102 Å². The Morgan fingerprint density at radius 1 is 1.02 bits per heavy atom. The normalized spacial score (nSPS) is 17.2. The number of pyridine rings is 1. The zero-order valence-electron chi connectivity index (χ0n) is 25.4. The van der Waals surface area contributed by atoms with E-state index >= 15 is 0 Å². The van der Waals surface area contributed by atoms with E-state index in [2.05, 4.69) is 15.6 Å². The zero-order chi connectivity index (χ0) is 32.9. The van der Waals surface area contributed by atoms with Crippen LogP contribution in [-0.2, 0) is 28.7 Å². The number of esters is 2. The molecule has 6 rings (SSSR count). The zero-order valence-corrected chi connectivity index (χ0v) is 26.9. The summed E-state index contributed by atoms with van der Waals surface area (Å²) in [5.74, 6) is -1.68. The minimum atomic E-state index is -0.825. The third-order valence-electron chi connectivity index (χ3n) is 7.81. The third kappa shape index (κ3) is 7.11. The number of hydrogen-bond acceptors (Lipinski definition) is 9. The average molecular weight is 671 g/mol. The van der Waals surface area contributed by atoms with Crippen molar-refractivity contribution in [2.75, 3.05) is 24.2 Å². The van der Waals surface area contributed by atoms with Crippen LogP contribution >= 0.6 is 23.4 Å². The van der Waals surface area contributed by atoms with Gasteiger partial charge in [-0.2, -0.15) is 0 Å². The molecule has 2 amide bonds. The maximum atomic E-state index is 13.9. The first kappa shape index (κ1) is 32.1. The van der Waals surface area contributed by atoms with Crippen LogP contribution < -0.4 is 10.6 Å². The van der Waals surface area contributed by atoms with Crippen molar-refractivity contribution >= 4 is 63.7 Å². The SMILES string of the molecule is CC(=O)OCC1=C(C(=O)OC(c2ccccc2)c2ccccc2)N2C(=O)[C@@H](NC(=O)CCNc3ccnc4cc(Cl)ccc34)[C@H]2SC1. The molecule has 2 aliphatic rings. The average Bonchev–Trinajstić information content (AvgIpc) is 3.08. The predicted octanol–water partition coefficient (Wildman–Crippen LogP) is 5.24. The summed E-state index contributed by atoms with van der Waals surface area (Å²) < 4.78 is 11.3. The fourth-order valence-corrected chi connectivity index (χ4v) is 7.04. The van der Waals surface area contributed by atoms with E-state index in [0.717, 1.165) is 27.7 Å². The molecule has 10 nitrogen and oxygen atoms in total. The first-order valence-electron chi connectivity index (χ1n) is 15.0. The fraction of sp³-hybridized carbons (Fsp3) is 0.229. The number of rotatable bonds is 11. The molecular formula is C35H31ClN4O6S. The van der Waals surface area contributed by atoms with Crippen LogP contribution in [0.3, 0.4) is 0 Å². The van der Waals surface area contributed by atoms with Gasteiger partial charge in [0, 0.05) is 53.5 Å². The smallest absolute Gasteiger partial charge is 0.356 e. The highest BCUT2D eigenvalue weighted by molar-refractivity contribution is 8.00. The first-order chi connectivity index (χ1) is 22.8. The Balaban J connectivity index is 1.15. The Hall–Kier alpha value is -4.87. The number of fused-ring (bicyclic) bond motifs is 2. The number of amides is 2. The number of hydrogen-bond donors (Lipinski definition) is 2. The summed E-state index contributed by atoms with van der Waals surface area (Å²) in [5.41, 5.74) is 3.55. The van der Waals surface area contributed by atoms with Crippen LogP contribution in [0.25, 0.3) is 10.9 Å². The minimum Gasteiger partial charge on any atom is -0.461 e. The van der Waals surface area contributed by atoms with Gasteiger partial charge in [-0.1, -0.05) is 72.3 Å². The number of aromatic nitrogens is 1. The lowest BCUT2D eigenvalue weighted by molar-refractivity contribution is -0.155. The number of β-lactam (4-membered cyclic amide) rings is 1. The lowest BCUT2D eigenvalue weighted by Gasteiger charge is -2.49. The van der Waals surface area contributed by atoms with Crippen LogP contribution in [0.2, 0.25) is 5.02 Å². The Kier molecular flexibility index (Phi) is 9.74. The van der Waals surface area contributed by atoms with E-state index in [1.807, 2.05) is 72.8 Å². The molecule has 0 saturated carbocycles. The summed E-state index contributed by atoms with van der Waals surface area (Å²) in [5, 5.41) is 7.02. The molecule has 2 N–H and O–H groups in total. The summed E-state index contributed by atoms with van der Waals surface area (Å²) in [7, 11) is 0. The molecule has 1 fully saturated rings. The van der Waals surface area contributed by atoms with Crippen molar-refractivity contribution in [3.63, 3.8) is 0 Å².